The number of carbonyl (C=O) groups is 1. The number of hydrogen-bond acceptors (Lipinski definition) is 5. The van der Waals surface area contributed by atoms with Gasteiger partial charge in [0.2, 0.25) is 0 Å². The number of nitrogens with two attached hydrogens (primary N) is 1. The van der Waals surface area contributed by atoms with Crippen LogP contribution in [-0.2, 0) is 6.61 Å². The fourth-order valence-corrected chi connectivity index (χ4v) is 4.05. The summed E-state index contributed by atoms with van der Waals surface area (Å²) in [6.07, 6.45) is 3.63. The largest absolute Gasteiger partial charge is 0.485 e. The lowest BCUT2D eigenvalue weighted by molar-refractivity contribution is 0.0659. The van der Waals surface area contributed by atoms with Crippen molar-refractivity contribution in [3.63, 3.8) is 0 Å². The summed E-state index contributed by atoms with van der Waals surface area (Å²) >= 11 is 0. The average molecular weight is 473 g/mol. The van der Waals surface area contributed by atoms with Crippen LogP contribution in [0.3, 0.4) is 0 Å². The van der Waals surface area contributed by atoms with Crippen LogP contribution in [0.25, 0.3) is 0 Å². The summed E-state index contributed by atoms with van der Waals surface area (Å²) in [5.74, 6) is 1.14. The van der Waals surface area contributed by atoms with Crippen LogP contribution in [0.1, 0.15) is 28.8 Å². The maximum absolute atomic E-state index is 12.9. The maximum Gasteiger partial charge on any atom is 0.253 e. The van der Waals surface area contributed by atoms with Gasteiger partial charge in [-0.2, -0.15) is 4.99 Å². The van der Waals surface area contributed by atoms with E-state index in [9.17, 15) is 4.79 Å². The first-order chi connectivity index (χ1) is 17.0. The molecular formula is C27H32N6O2. The number of guanidine groups is 1. The highest BCUT2D eigenvalue weighted by molar-refractivity contribution is 5.96. The number of rotatable bonds is 7. The van der Waals surface area contributed by atoms with E-state index in [0.717, 1.165) is 37.2 Å². The van der Waals surface area contributed by atoms with Gasteiger partial charge in [0.15, 0.2) is 17.5 Å². The van der Waals surface area contributed by atoms with Gasteiger partial charge >= 0.3 is 0 Å². The van der Waals surface area contributed by atoms with Gasteiger partial charge in [0.1, 0.15) is 6.61 Å². The van der Waals surface area contributed by atoms with Crippen LogP contribution in [0.2, 0.25) is 0 Å². The quantitative estimate of drug-likeness (QED) is 0.400. The third-order valence-electron chi connectivity index (χ3n) is 6.17. The molecule has 0 bridgehead atoms. The molecule has 4 rings (SSSR count). The van der Waals surface area contributed by atoms with E-state index in [4.69, 9.17) is 10.5 Å². The van der Waals surface area contributed by atoms with Gasteiger partial charge in [0.25, 0.3) is 5.91 Å². The molecule has 1 aromatic heterocycles. The topological polar surface area (TPSA) is 96.1 Å². The summed E-state index contributed by atoms with van der Waals surface area (Å²) < 4.78 is 5.90. The molecule has 1 aliphatic rings. The van der Waals surface area contributed by atoms with Crippen molar-refractivity contribution >= 4 is 23.4 Å². The Kier molecular flexibility index (Phi) is 7.95. The molecule has 2 heterocycles. The van der Waals surface area contributed by atoms with E-state index >= 15 is 0 Å². The Morgan fingerprint density at radius 2 is 1.83 bits per heavy atom. The average Bonchev–Trinajstić information content (AvgIpc) is 2.89. The number of ether oxygens (including phenoxy) is 1. The predicted octanol–water partition coefficient (Wildman–Crippen LogP) is 3.89. The van der Waals surface area contributed by atoms with Gasteiger partial charge in [-0.3, -0.25) is 4.79 Å². The van der Waals surface area contributed by atoms with E-state index in [1.54, 1.807) is 24.4 Å². The van der Waals surface area contributed by atoms with Crippen LogP contribution in [0, 0.1) is 0 Å². The molecule has 2 aromatic carbocycles. The lowest BCUT2D eigenvalue weighted by Crippen LogP contribution is -2.44. The predicted molar refractivity (Wildman–Crippen MR) is 139 cm³/mol. The zero-order valence-corrected chi connectivity index (χ0v) is 20.2. The number of benzene rings is 2. The molecule has 182 valence electrons. The number of pyridine rings is 1. The molecule has 3 N–H and O–H groups in total. The van der Waals surface area contributed by atoms with Crippen LogP contribution < -0.4 is 15.8 Å². The highest BCUT2D eigenvalue weighted by Gasteiger charge is 2.24. The summed E-state index contributed by atoms with van der Waals surface area (Å²) in [5, 5.41) is 3.06. The minimum atomic E-state index is 0.0291. The number of piperidine rings is 1. The Labute approximate surface area is 206 Å². The number of carbonyl (C=O) groups excluding carboxylic acids is 1. The van der Waals surface area contributed by atoms with Crippen molar-refractivity contribution in [2.75, 3.05) is 32.5 Å². The Hall–Kier alpha value is -3.91. The summed E-state index contributed by atoms with van der Waals surface area (Å²) in [4.78, 5) is 25.8. The second-order valence-electron chi connectivity index (χ2n) is 8.75. The molecule has 0 aliphatic carbocycles. The Morgan fingerprint density at radius 3 is 2.54 bits per heavy atom. The number of aromatic nitrogens is 1. The first-order valence-electron chi connectivity index (χ1n) is 11.8. The number of nitrogens with one attached hydrogen (secondary N) is 1. The van der Waals surface area contributed by atoms with E-state index in [1.807, 2.05) is 60.5 Å². The molecule has 1 amide bonds. The second-order valence-corrected chi connectivity index (χ2v) is 8.75. The minimum Gasteiger partial charge on any atom is -0.485 e. The number of anilines is 1. The standard InChI is InChI=1S/C27H32N6O2/c1-32-17-14-23(15-18-32)33(2)26(34)21-10-12-22(13-11-21)30-27(28)31-25-24(9-6-16-29-25)35-19-20-7-4-3-5-8-20/h3-13,16,23H,14-15,17-19H2,1-2H3,(H3,28,29,30,31). The van der Waals surface area contributed by atoms with E-state index in [2.05, 4.69) is 27.2 Å². The summed E-state index contributed by atoms with van der Waals surface area (Å²) in [5.41, 5.74) is 8.56. The van der Waals surface area contributed by atoms with Crippen molar-refractivity contribution in [2.24, 2.45) is 10.7 Å². The van der Waals surface area contributed by atoms with Crippen LogP contribution in [0.4, 0.5) is 11.5 Å². The molecule has 1 fully saturated rings. The van der Waals surface area contributed by atoms with Crippen molar-refractivity contribution in [3.8, 4) is 5.75 Å². The van der Waals surface area contributed by atoms with Crippen molar-refractivity contribution < 1.29 is 9.53 Å². The SMILES string of the molecule is CN1CCC(N(C)C(=O)c2ccc(NC(N)=Nc3ncccc3OCc3ccccc3)cc2)CC1. The van der Waals surface area contributed by atoms with Gasteiger partial charge in [-0.15, -0.1) is 0 Å². The van der Waals surface area contributed by atoms with Gasteiger partial charge in [0, 0.05) is 30.5 Å². The zero-order chi connectivity index (χ0) is 24.6. The van der Waals surface area contributed by atoms with Crippen molar-refractivity contribution in [1.82, 2.24) is 14.8 Å². The number of hydrogen-bond donors (Lipinski definition) is 2. The summed E-state index contributed by atoms with van der Waals surface area (Å²) in [6, 6.07) is 21.0. The number of aliphatic imine (C=N–C) groups is 1. The van der Waals surface area contributed by atoms with E-state index in [1.165, 1.54) is 0 Å². The van der Waals surface area contributed by atoms with Gasteiger partial charge in [-0.1, -0.05) is 30.3 Å². The first-order valence-corrected chi connectivity index (χ1v) is 11.8. The summed E-state index contributed by atoms with van der Waals surface area (Å²) in [6.45, 7) is 2.43. The minimum absolute atomic E-state index is 0.0291. The Morgan fingerprint density at radius 1 is 1.11 bits per heavy atom. The van der Waals surface area contributed by atoms with Crippen molar-refractivity contribution in [3.05, 3.63) is 84.1 Å². The Bertz CT molecular complexity index is 1140. The van der Waals surface area contributed by atoms with E-state index in [-0.39, 0.29) is 17.9 Å². The van der Waals surface area contributed by atoms with Crippen LogP contribution in [-0.4, -0.2) is 59.9 Å². The highest BCUT2D eigenvalue weighted by atomic mass is 16.5. The fourth-order valence-electron chi connectivity index (χ4n) is 4.05. The number of amides is 1. The van der Waals surface area contributed by atoms with Gasteiger partial charge in [-0.25, -0.2) is 4.98 Å². The van der Waals surface area contributed by atoms with Crippen LogP contribution in [0.5, 0.6) is 5.75 Å². The molecule has 3 aromatic rings. The monoisotopic (exact) mass is 472 g/mol. The zero-order valence-electron chi connectivity index (χ0n) is 20.2. The lowest BCUT2D eigenvalue weighted by atomic mass is 10.0. The molecule has 8 nitrogen and oxygen atoms in total. The molecule has 0 saturated carbocycles. The molecule has 1 saturated heterocycles. The fraction of sp³-hybridized carbons (Fsp3) is 0.296. The van der Waals surface area contributed by atoms with Gasteiger partial charge in [-0.05, 0) is 74.9 Å². The number of likely N-dealkylation sites (tertiary alicyclic amines) is 1. The lowest BCUT2D eigenvalue weighted by Gasteiger charge is -2.35. The maximum atomic E-state index is 12.9. The van der Waals surface area contributed by atoms with Crippen LogP contribution >= 0.6 is 0 Å². The third kappa shape index (κ3) is 6.58. The summed E-state index contributed by atoms with van der Waals surface area (Å²) in [7, 11) is 4.00. The van der Waals surface area contributed by atoms with Crippen LogP contribution in [0.15, 0.2) is 77.9 Å². The van der Waals surface area contributed by atoms with Gasteiger partial charge in [0.05, 0.1) is 0 Å². The van der Waals surface area contributed by atoms with Crippen molar-refractivity contribution in [1.29, 1.82) is 0 Å². The van der Waals surface area contributed by atoms with E-state index < -0.39 is 0 Å². The second kappa shape index (κ2) is 11.5. The molecule has 35 heavy (non-hydrogen) atoms. The smallest absolute Gasteiger partial charge is 0.253 e. The van der Waals surface area contributed by atoms with Gasteiger partial charge < -0.3 is 25.6 Å². The molecule has 0 spiro atoms. The Balaban J connectivity index is 1.37. The molecule has 0 unspecified atom stereocenters. The molecule has 8 heteroatoms. The third-order valence-corrected chi connectivity index (χ3v) is 6.17. The first kappa shape index (κ1) is 24.2. The highest BCUT2D eigenvalue weighted by Crippen LogP contribution is 2.25. The molecular weight excluding hydrogens is 440 g/mol. The molecule has 1 aliphatic heterocycles. The molecule has 0 radical (unpaired) electrons. The van der Waals surface area contributed by atoms with Crippen molar-refractivity contribution in [2.45, 2.75) is 25.5 Å². The number of nitrogens with zero attached hydrogens (tertiary/aromatic N) is 4. The normalized spacial score (nSPS) is 15.0. The molecule has 0 atom stereocenters. The van der Waals surface area contributed by atoms with E-state index in [0.29, 0.717) is 23.7 Å².